The van der Waals surface area contributed by atoms with Crippen LogP contribution in [0.4, 0.5) is 5.69 Å². The molecule has 0 spiro atoms. The lowest BCUT2D eigenvalue weighted by Gasteiger charge is -2.17. The van der Waals surface area contributed by atoms with Gasteiger partial charge in [-0.25, -0.2) is 0 Å². The summed E-state index contributed by atoms with van der Waals surface area (Å²) in [6, 6.07) is 4.44. The third kappa shape index (κ3) is 3.46. The maximum absolute atomic E-state index is 12.0. The van der Waals surface area contributed by atoms with Crippen molar-refractivity contribution in [1.29, 1.82) is 0 Å². The number of nitrogen functional groups attached to an aromatic ring is 1. The second-order valence-corrected chi connectivity index (χ2v) is 5.54. The molecule has 96 valence electrons. The van der Waals surface area contributed by atoms with Crippen molar-refractivity contribution in [3.05, 3.63) is 18.2 Å². The van der Waals surface area contributed by atoms with Crippen LogP contribution in [0.1, 0.15) is 20.3 Å². The minimum atomic E-state index is -3.81. The monoisotopic (exact) mass is 259 g/mol. The van der Waals surface area contributed by atoms with E-state index in [1.54, 1.807) is 13.0 Å². The zero-order chi connectivity index (χ0) is 13.1. The van der Waals surface area contributed by atoms with Gasteiger partial charge in [0, 0.05) is 0 Å². The van der Waals surface area contributed by atoms with Gasteiger partial charge in [0.05, 0.1) is 24.2 Å². The van der Waals surface area contributed by atoms with E-state index in [1.807, 2.05) is 6.92 Å². The number of ether oxygens (including phenoxy) is 1. The molecule has 6 heteroatoms. The van der Waals surface area contributed by atoms with Crippen molar-refractivity contribution in [1.82, 2.24) is 0 Å². The summed E-state index contributed by atoms with van der Waals surface area (Å²) < 4.78 is 22.1. The zero-order valence-corrected chi connectivity index (χ0v) is 11.1. The fourth-order valence-corrected chi connectivity index (χ4v) is 2.60. The summed E-state index contributed by atoms with van der Waals surface area (Å²) in [5.74, 6) is 0.470. The molecular weight excluding hydrogens is 241 g/mol. The zero-order valence-electron chi connectivity index (χ0n) is 10.2. The molecule has 0 heterocycles. The quantitative estimate of drug-likeness (QED) is 0.623. The lowest BCUT2D eigenvalue weighted by Crippen LogP contribution is -2.13. The van der Waals surface area contributed by atoms with Gasteiger partial charge in [-0.15, -0.1) is 0 Å². The Morgan fingerprint density at radius 3 is 2.65 bits per heavy atom. The highest BCUT2D eigenvalue weighted by molar-refractivity contribution is 7.61. The molecule has 0 aliphatic rings. The molecule has 1 rings (SSSR count). The van der Waals surface area contributed by atoms with Gasteiger partial charge >= 0.3 is 7.60 Å². The predicted molar refractivity (Wildman–Crippen MR) is 67.7 cm³/mol. The number of benzene rings is 1. The molecular formula is C11H18NO4P. The predicted octanol–water partition coefficient (Wildman–Crippen LogP) is 1.90. The highest BCUT2D eigenvalue weighted by Gasteiger charge is 2.25. The molecule has 0 bridgehead atoms. The van der Waals surface area contributed by atoms with E-state index in [0.29, 0.717) is 17.9 Å². The molecule has 0 amide bonds. The Bertz CT molecular complexity index is 435. The smallest absolute Gasteiger partial charge is 0.359 e. The van der Waals surface area contributed by atoms with Crippen molar-refractivity contribution in [3.8, 4) is 5.75 Å². The van der Waals surface area contributed by atoms with Gasteiger partial charge in [0.15, 0.2) is 0 Å². The van der Waals surface area contributed by atoms with Crippen molar-refractivity contribution in [2.45, 2.75) is 26.4 Å². The second-order valence-electron chi connectivity index (χ2n) is 3.77. The number of rotatable bonds is 5. The van der Waals surface area contributed by atoms with Crippen LogP contribution in [0.25, 0.3) is 0 Å². The summed E-state index contributed by atoms with van der Waals surface area (Å²) in [7, 11) is -2.32. The van der Waals surface area contributed by atoms with Gasteiger partial charge in [-0.05, 0) is 31.5 Å². The maximum Gasteiger partial charge on any atom is 0.359 e. The van der Waals surface area contributed by atoms with Crippen molar-refractivity contribution >= 4 is 18.6 Å². The van der Waals surface area contributed by atoms with Gasteiger partial charge in [0.1, 0.15) is 5.75 Å². The van der Waals surface area contributed by atoms with Gasteiger partial charge in [-0.1, -0.05) is 6.92 Å². The fraction of sp³-hybridized carbons (Fsp3) is 0.455. The van der Waals surface area contributed by atoms with Crippen molar-refractivity contribution in [2.75, 3.05) is 12.8 Å². The molecule has 3 N–H and O–H groups in total. The van der Waals surface area contributed by atoms with E-state index in [2.05, 4.69) is 0 Å². The van der Waals surface area contributed by atoms with Crippen LogP contribution in [-0.2, 0) is 9.09 Å². The van der Waals surface area contributed by atoms with E-state index in [0.717, 1.165) is 0 Å². The first-order chi connectivity index (χ1) is 7.90. The average Bonchev–Trinajstić information content (AvgIpc) is 2.28. The molecule has 17 heavy (non-hydrogen) atoms. The third-order valence-electron chi connectivity index (χ3n) is 2.44. The van der Waals surface area contributed by atoms with Crippen LogP contribution < -0.4 is 15.8 Å². The van der Waals surface area contributed by atoms with Crippen LogP contribution in [0.3, 0.4) is 0 Å². The van der Waals surface area contributed by atoms with Crippen LogP contribution in [0.2, 0.25) is 0 Å². The summed E-state index contributed by atoms with van der Waals surface area (Å²) >= 11 is 0. The van der Waals surface area contributed by atoms with E-state index in [-0.39, 0.29) is 11.4 Å². The van der Waals surface area contributed by atoms with Gasteiger partial charge in [0.2, 0.25) is 0 Å². The lowest BCUT2D eigenvalue weighted by molar-refractivity contribution is 0.192. The van der Waals surface area contributed by atoms with Gasteiger partial charge < -0.3 is 19.9 Å². The Morgan fingerprint density at radius 2 is 2.18 bits per heavy atom. The van der Waals surface area contributed by atoms with Crippen molar-refractivity contribution in [3.63, 3.8) is 0 Å². The summed E-state index contributed by atoms with van der Waals surface area (Å²) in [5.41, 5.74) is 5.99. The van der Waals surface area contributed by atoms with E-state index in [9.17, 15) is 9.46 Å². The van der Waals surface area contributed by atoms with Crippen LogP contribution in [0.5, 0.6) is 5.75 Å². The van der Waals surface area contributed by atoms with Crippen LogP contribution >= 0.6 is 7.60 Å². The highest BCUT2D eigenvalue weighted by atomic mass is 31.2. The third-order valence-corrected chi connectivity index (χ3v) is 4.01. The molecule has 0 aliphatic heterocycles. The topological polar surface area (TPSA) is 81.8 Å². The van der Waals surface area contributed by atoms with Crippen LogP contribution in [-0.4, -0.2) is 18.1 Å². The number of nitrogens with two attached hydrogens (primary N) is 1. The SMILES string of the molecule is CCC(C)OP(=O)(O)c1ccc(OC)c(N)c1. The molecule has 5 nitrogen and oxygen atoms in total. The normalized spacial score (nSPS) is 16.2. The van der Waals surface area contributed by atoms with Crippen molar-refractivity contribution < 1.29 is 18.7 Å². The summed E-state index contributed by atoms with van der Waals surface area (Å²) in [6.45, 7) is 3.63. The van der Waals surface area contributed by atoms with Gasteiger partial charge in [0.25, 0.3) is 0 Å². The maximum atomic E-state index is 12.0. The lowest BCUT2D eigenvalue weighted by atomic mass is 10.3. The van der Waals surface area contributed by atoms with E-state index < -0.39 is 7.60 Å². The first kappa shape index (κ1) is 14.0. The standard InChI is InChI=1S/C11H18NO4P/c1-4-8(2)16-17(13,14)9-5-6-11(15-3)10(12)7-9/h5-8H,4,12H2,1-3H3,(H,13,14). The number of methoxy groups -OCH3 is 1. The molecule has 0 saturated heterocycles. The molecule has 2 unspecified atom stereocenters. The van der Waals surface area contributed by atoms with E-state index >= 15 is 0 Å². The molecule has 2 atom stereocenters. The second kappa shape index (κ2) is 5.54. The Labute approximate surface area is 101 Å². The number of hydrogen-bond donors (Lipinski definition) is 2. The molecule has 1 aromatic carbocycles. The molecule has 0 aromatic heterocycles. The largest absolute Gasteiger partial charge is 0.495 e. The van der Waals surface area contributed by atoms with Crippen LogP contribution in [0, 0.1) is 0 Å². The molecule has 0 fully saturated rings. The minimum absolute atomic E-state index is 0.177. The Balaban J connectivity index is 2.99. The van der Waals surface area contributed by atoms with Crippen LogP contribution in [0.15, 0.2) is 18.2 Å². The molecule has 0 saturated carbocycles. The average molecular weight is 259 g/mol. The first-order valence-corrected chi connectivity index (χ1v) is 6.93. The number of hydrogen-bond acceptors (Lipinski definition) is 4. The Kier molecular flexibility index (Phi) is 4.57. The van der Waals surface area contributed by atoms with E-state index in [1.165, 1.54) is 19.2 Å². The summed E-state index contributed by atoms with van der Waals surface area (Å²) in [4.78, 5) is 9.81. The van der Waals surface area contributed by atoms with E-state index in [4.69, 9.17) is 15.0 Å². The van der Waals surface area contributed by atoms with Gasteiger partial charge in [-0.2, -0.15) is 0 Å². The first-order valence-electron chi connectivity index (χ1n) is 5.36. The fourth-order valence-electron chi connectivity index (χ4n) is 1.28. The highest BCUT2D eigenvalue weighted by Crippen LogP contribution is 2.43. The number of anilines is 1. The van der Waals surface area contributed by atoms with Gasteiger partial charge in [-0.3, -0.25) is 4.57 Å². The molecule has 0 aliphatic carbocycles. The molecule has 1 aromatic rings. The summed E-state index contributed by atoms with van der Waals surface area (Å²) in [6.07, 6.45) is 0.380. The molecule has 0 radical (unpaired) electrons. The summed E-state index contributed by atoms with van der Waals surface area (Å²) in [5, 5.41) is 0.177. The Hall–Kier alpha value is -1.03. The van der Waals surface area contributed by atoms with Crippen molar-refractivity contribution in [2.24, 2.45) is 0 Å². The minimum Gasteiger partial charge on any atom is -0.495 e. The Morgan fingerprint density at radius 1 is 1.53 bits per heavy atom.